The molecule has 180 valence electrons. The number of nitrogens with zero attached hydrogens (tertiary/aromatic N) is 5. The molecule has 0 spiro atoms. The highest BCUT2D eigenvalue weighted by atomic mass is 32.2. The summed E-state index contributed by atoms with van der Waals surface area (Å²) in [6, 6.07) is 0. The van der Waals surface area contributed by atoms with Crippen molar-refractivity contribution >= 4 is 23.6 Å². The molecule has 13 heteroatoms. The maximum absolute atomic E-state index is 12.6. The van der Waals surface area contributed by atoms with Crippen molar-refractivity contribution in [2.45, 2.75) is 32.5 Å². The molecule has 1 aliphatic heterocycles. The molecule has 9 nitrogen and oxygen atoms in total. The van der Waals surface area contributed by atoms with Gasteiger partial charge in [0.25, 0.3) is 5.56 Å². The molecule has 1 saturated heterocycles. The smallest absolute Gasteiger partial charge is 0.419 e. The Hall–Kier alpha value is -2.83. The number of aromatic amines is 1. The number of hydrogen-bond donors (Lipinski definition) is 1. The van der Waals surface area contributed by atoms with Crippen molar-refractivity contribution in [2.75, 3.05) is 42.6 Å². The lowest BCUT2D eigenvalue weighted by Crippen LogP contribution is -2.49. The monoisotopic (exact) mass is 486 g/mol. The molecule has 2 aromatic heterocycles. The molecule has 0 saturated carbocycles. The van der Waals surface area contributed by atoms with Crippen molar-refractivity contribution < 1.29 is 22.7 Å². The summed E-state index contributed by atoms with van der Waals surface area (Å²) in [5, 5.41) is 6.08. The van der Waals surface area contributed by atoms with Crippen LogP contribution in [-0.2, 0) is 11.0 Å². The molecule has 3 heterocycles. The van der Waals surface area contributed by atoms with Gasteiger partial charge in [0.05, 0.1) is 17.3 Å². The van der Waals surface area contributed by atoms with Crippen LogP contribution in [0.15, 0.2) is 23.4 Å². The number of nitrogens with one attached hydrogen (secondary N) is 1. The molecule has 1 amide bonds. The van der Waals surface area contributed by atoms with E-state index in [9.17, 15) is 22.8 Å². The summed E-state index contributed by atoms with van der Waals surface area (Å²) in [7, 11) is 0. The van der Waals surface area contributed by atoms with Crippen LogP contribution in [0.2, 0.25) is 0 Å². The van der Waals surface area contributed by atoms with E-state index in [1.165, 1.54) is 6.20 Å². The van der Waals surface area contributed by atoms with Crippen LogP contribution in [0, 0.1) is 6.92 Å². The molecule has 1 aliphatic rings. The van der Waals surface area contributed by atoms with Gasteiger partial charge >= 0.3 is 6.18 Å². The minimum absolute atomic E-state index is 0.0266. The molecule has 2 aromatic rings. The van der Waals surface area contributed by atoms with Gasteiger partial charge in [-0.1, -0.05) is 0 Å². The van der Waals surface area contributed by atoms with Gasteiger partial charge in [-0.15, -0.1) is 0 Å². The minimum Gasteiger partial charge on any atom is -0.488 e. The lowest BCUT2D eigenvalue weighted by atomic mass is 10.3. The Labute approximate surface area is 192 Å². The van der Waals surface area contributed by atoms with E-state index in [1.807, 2.05) is 6.92 Å². The summed E-state index contributed by atoms with van der Waals surface area (Å²) in [5.74, 6) is 1.97. The van der Waals surface area contributed by atoms with Crippen LogP contribution >= 0.6 is 11.8 Å². The van der Waals surface area contributed by atoms with E-state index in [2.05, 4.69) is 20.2 Å². The average Bonchev–Trinajstić information content (AvgIpc) is 2.79. The van der Waals surface area contributed by atoms with Gasteiger partial charge in [0, 0.05) is 56.5 Å². The third-order valence-electron chi connectivity index (χ3n) is 5.08. The number of carbonyl (C=O) groups is 1. The first kappa shape index (κ1) is 24.8. The van der Waals surface area contributed by atoms with Gasteiger partial charge < -0.3 is 14.5 Å². The van der Waals surface area contributed by atoms with Crippen molar-refractivity contribution in [1.29, 1.82) is 0 Å². The van der Waals surface area contributed by atoms with Gasteiger partial charge in [-0.25, -0.2) is 15.1 Å². The number of piperazine rings is 1. The molecular weight excluding hydrogens is 461 g/mol. The number of thioether (sulfide) groups is 1. The van der Waals surface area contributed by atoms with Crippen molar-refractivity contribution in [3.05, 3.63) is 40.1 Å². The first-order valence-electron chi connectivity index (χ1n) is 10.4. The SMILES string of the molecule is Cc1c(O[C@H](C)CSCCC(=O)N2CCN(c3ncc(C(F)(F)F)cn3)CC2)cn[nH]c1=O. The Balaban J connectivity index is 1.36. The standard InChI is InChI=1S/C20H25F3N6O3S/c1-13(32-16-11-26-27-18(31)14(16)2)12-33-8-3-17(30)28-4-6-29(7-5-28)19-24-9-15(10-25-19)20(21,22)23/h9-11,13H,3-8,12H2,1-2H3,(H,27,31)/t13-/m1/s1. The predicted octanol–water partition coefficient (Wildman–Crippen LogP) is 2.13. The Morgan fingerprint density at radius 1 is 1.21 bits per heavy atom. The van der Waals surface area contributed by atoms with E-state index < -0.39 is 11.7 Å². The van der Waals surface area contributed by atoms with E-state index in [-0.39, 0.29) is 23.5 Å². The fraction of sp³-hybridized carbons (Fsp3) is 0.550. The van der Waals surface area contributed by atoms with Gasteiger partial charge in [0.2, 0.25) is 11.9 Å². The van der Waals surface area contributed by atoms with Crippen molar-refractivity contribution in [1.82, 2.24) is 25.1 Å². The second kappa shape index (κ2) is 10.9. The molecule has 1 fully saturated rings. The number of halogens is 3. The highest BCUT2D eigenvalue weighted by Gasteiger charge is 2.32. The molecular formula is C20H25F3N6O3S. The number of ether oxygens (including phenoxy) is 1. The second-order valence-corrected chi connectivity index (χ2v) is 8.73. The molecule has 33 heavy (non-hydrogen) atoms. The predicted molar refractivity (Wildman–Crippen MR) is 117 cm³/mol. The number of carbonyl (C=O) groups excluding carboxylic acids is 1. The molecule has 0 aromatic carbocycles. The zero-order valence-corrected chi connectivity index (χ0v) is 19.1. The van der Waals surface area contributed by atoms with Crippen LogP contribution in [0.1, 0.15) is 24.5 Å². The normalized spacial score (nSPS) is 15.4. The lowest BCUT2D eigenvalue weighted by Gasteiger charge is -2.34. The quantitative estimate of drug-likeness (QED) is 0.566. The number of H-pyrrole nitrogens is 1. The number of hydrogen-bond acceptors (Lipinski definition) is 8. The van der Waals surface area contributed by atoms with Crippen molar-refractivity contribution in [2.24, 2.45) is 0 Å². The van der Waals surface area contributed by atoms with Crippen LogP contribution in [0.5, 0.6) is 5.75 Å². The van der Waals surface area contributed by atoms with E-state index in [1.54, 1.807) is 28.5 Å². The Morgan fingerprint density at radius 2 is 1.88 bits per heavy atom. The van der Waals surface area contributed by atoms with Gasteiger partial charge in [0.1, 0.15) is 11.9 Å². The van der Waals surface area contributed by atoms with Crippen LogP contribution in [0.25, 0.3) is 0 Å². The number of alkyl halides is 3. The largest absolute Gasteiger partial charge is 0.488 e. The zero-order chi connectivity index (χ0) is 24.0. The zero-order valence-electron chi connectivity index (χ0n) is 18.3. The molecule has 1 N–H and O–H groups in total. The Morgan fingerprint density at radius 3 is 2.52 bits per heavy atom. The van der Waals surface area contributed by atoms with E-state index in [0.717, 1.165) is 12.4 Å². The first-order chi connectivity index (χ1) is 15.6. The summed E-state index contributed by atoms with van der Waals surface area (Å²) in [6.07, 6.45) is -1.23. The van der Waals surface area contributed by atoms with Crippen LogP contribution < -0.4 is 15.2 Å². The Kier molecular flexibility index (Phi) is 8.16. The van der Waals surface area contributed by atoms with E-state index >= 15 is 0 Å². The number of amides is 1. The topological polar surface area (TPSA) is 104 Å². The highest BCUT2D eigenvalue weighted by Crippen LogP contribution is 2.28. The number of rotatable bonds is 8. The van der Waals surface area contributed by atoms with E-state index in [0.29, 0.717) is 55.4 Å². The molecule has 0 radical (unpaired) electrons. The first-order valence-corrected chi connectivity index (χ1v) is 11.5. The van der Waals surface area contributed by atoms with Gasteiger partial charge in [-0.3, -0.25) is 9.59 Å². The molecule has 0 bridgehead atoms. The maximum atomic E-state index is 12.6. The summed E-state index contributed by atoms with van der Waals surface area (Å²) in [6.45, 7) is 5.39. The van der Waals surface area contributed by atoms with Crippen molar-refractivity contribution in [3.63, 3.8) is 0 Å². The van der Waals surface area contributed by atoms with Gasteiger partial charge in [0.15, 0.2) is 0 Å². The fourth-order valence-corrected chi connectivity index (χ4v) is 4.05. The summed E-state index contributed by atoms with van der Waals surface area (Å²) in [5.41, 5.74) is -0.706. The summed E-state index contributed by atoms with van der Waals surface area (Å²) >= 11 is 1.58. The third-order valence-corrected chi connectivity index (χ3v) is 6.28. The van der Waals surface area contributed by atoms with Crippen molar-refractivity contribution in [3.8, 4) is 5.75 Å². The van der Waals surface area contributed by atoms with Gasteiger partial charge in [-0.05, 0) is 13.8 Å². The molecule has 3 rings (SSSR count). The van der Waals surface area contributed by atoms with Gasteiger partial charge in [-0.2, -0.15) is 30.0 Å². The maximum Gasteiger partial charge on any atom is 0.419 e. The molecule has 0 aliphatic carbocycles. The Bertz CT molecular complexity index is 994. The number of anilines is 1. The summed E-state index contributed by atoms with van der Waals surface area (Å²) < 4.78 is 43.7. The van der Waals surface area contributed by atoms with Crippen LogP contribution in [0.4, 0.5) is 19.1 Å². The molecule has 0 unspecified atom stereocenters. The average molecular weight is 487 g/mol. The van der Waals surface area contributed by atoms with Crippen LogP contribution in [-0.4, -0.2) is 74.8 Å². The second-order valence-electron chi connectivity index (χ2n) is 7.58. The van der Waals surface area contributed by atoms with Crippen LogP contribution in [0.3, 0.4) is 0 Å². The summed E-state index contributed by atoms with van der Waals surface area (Å²) in [4.78, 5) is 35.2. The molecule has 1 atom stereocenters. The minimum atomic E-state index is -4.47. The lowest BCUT2D eigenvalue weighted by molar-refractivity contribution is -0.138. The third kappa shape index (κ3) is 6.83. The fourth-order valence-electron chi connectivity index (χ4n) is 3.17. The highest BCUT2D eigenvalue weighted by molar-refractivity contribution is 7.99. The van der Waals surface area contributed by atoms with E-state index in [4.69, 9.17) is 4.74 Å². The number of aromatic nitrogens is 4.